The fourth-order valence-corrected chi connectivity index (χ4v) is 2.08. The molecule has 0 aliphatic heterocycles. The molecule has 90 valence electrons. The van der Waals surface area contributed by atoms with Crippen molar-refractivity contribution in [1.29, 1.82) is 0 Å². The van der Waals surface area contributed by atoms with Gasteiger partial charge in [-0.15, -0.1) is 11.3 Å². The average Bonchev–Trinajstić information content (AvgIpc) is 2.63. The fraction of sp³-hybridized carbons (Fsp3) is 0.333. The molecule has 2 aromatic rings. The molecule has 0 amide bonds. The quantitative estimate of drug-likeness (QED) is 0.876. The monoisotopic (exact) mass is 270 g/mol. The molecule has 0 aromatic carbocycles. The second kappa shape index (κ2) is 5.24. The maximum atomic E-state index is 5.66. The minimum Gasteiger partial charge on any atom is -0.368 e. The van der Waals surface area contributed by atoms with Gasteiger partial charge in [-0.3, -0.25) is 0 Å². The lowest BCUT2D eigenvalue weighted by molar-refractivity contribution is 0.938. The van der Waals surface area contributed by atoms with Crippen molar-refractivity contribution in [3.63, 3.8) is 0 Å². The molecule has 17 heavy (non-hydrogen) atoms. The Morgan fingerprint density at radius 1 is 1.35 bits per heavy atom. The largest absolute Gasteiger partial charge is 0.368 e. The molecule has 6 nitrogen and oxygen atoms in total. The van der Waals surface area contributed by atoms with E-state index in [4.69, 9.17) is 17.3 Å². The number of thiazole rings is 1. The third-order valence-electron chi connectivity index (χ3n) is 1.96. The number of hydrogen-bond donors (Lipinski definition) is 2. The minimum absolute atomic E-state index is 0.0875. The molecule has 0 atom stereocenters. The van der Waals surface area contributed by atoms with Gasteiger partial charge in [0.2, 0.25) is 17.2 Å². The highest BCUT2D eigenvalue weighted by molar-refractivity contribution is 7.09. The smallest absolute Gasteiger partial charge is 0.228 e. The zero-order valence-electron chi connectivity index (χ0n) is 9.14. The first-order valence-corrected chi connectivity index (χ1v) is 6.21. The molecular formula is C9H11ClN6S. The first kappa shape index (κ1) is 12.0. The van der Waals surface area contributed by atoms with Crippen molar-refractivity contribution in [2.75, 3.05) is 17.6 Å². The highest BCUT2D eigenvalue weighted by Crippen LogP contribution is 2.09. The summed E-state index contributed by atoms with van der Waals surface area (Å²) in [6, 6.07) is 0. The third-order valence-corrected chi connectivity index (χ3v) is 2.95. The maximum Gasteiger partial charge on any atom is 0.228 e. The highest BCUT2D eigenvalue weighted by Gasteiger charge is 2.02. The van der Waals surface area contributed by atoms with Gasteiger partial charge in [-0.25, -0.2) is 4.98 Å². The van der Waals surface area contributed by atoms with Crippen LogP contribution in [0.4, 0.5) is 11.9 Å². The van der Waals surface area contributed by atoms with E-state index in [1.54, 1.807) is 11.3 Å². The number of halogens is 1. The SMILES string of the molecule is Cc1nc(CCNc2nc(N)nc(Cl)n2)cs1. The molecule has 0 fully saturated rings. The van der Waals surface area contributed by atoms with Crippen molar-refractivity contribution in [3.8, 4) is 0 Å². The van der Waals surface area contributed by atoms with Crippen molar-refractivity contribution in [1.82, 2.24) is 19.9 Å². The van der Waals surface area contributed by atoms with E-state index < -0.39 is 0 Å². The predicted octanol–water partition coefficient (Wildman–Crippen LogP) is 1.53. The molecule has 0 saturated heterocycles. The van der Waals surface area contributed by atoms with Crippen LogP contribution < -0.4 is 11.1 Å². The molecular weight excluding hydrogens is 260 g/mol. The Hall–Kier alpha value is -1.47. The zero-order chi connectivity index (χ0) is 12.3. The molecule has 3 N–H and O–H groups in total. The van der Waals surface area contributed by atoms with Crippen LogP contribution in [0.15, 0.2) is 5.38 Å². The average molecular weight is 271 g/mol. The lowest BCUT2D eigenvalue weighted by Gasteiger charge is -2.03. The van der Waals surface area contributed by atoms with Crippen molar-refractivity contribution in [2.24, 2.45) is 0 Å². The topological polar surface area (TPSA) is 89.6 Å². The van der Waals surface area contributed by atoms with Crippen molar-refractivity contribution in [3.05, 3.63) is 21.4 Å². The molecule has 0 bridgehead atoms. The minimum atomic E-state index is 0.0875. The molecule has 0 aliphatic rings. The Morgan fingerprint density at radius 2 is 2.18 bits per heavy atom. The number of rotatable bonds is 4. The number of nitrogens with one attached hydrogen (secondary N) is 1. The van der Waals surface area contributed by atoms with Gasteiger partial charge in [0.15, 0.2) is 0 Å². The molecule has 8 heteroatoms. The number of nitrogens with two attached hydrogens (primary N) is 1. The lowest BCUT2D eigenvalue weighted by Crippen LogP contribution is -2.10. The normalized spacial score (nSPS) is 10.5. The number of aryl methyl sites for hydroxylation is 1. The number of anilines is 2. The standard InChI is InChI=1S/C9H11ClN6S/c1-5-13-6(4-17-5)2-3-12-9-15-7(10)14-8(11)16-9/h4H,2-3H2,1H3,(H3,11,12,14,15,16). The predicted molar refractivity (Wildman–Crippen MR) is 68.3 cm³/mol. The summed E-state index contributed by atoms with van der Waals surface area (Å²) in [7, 11) is 0. The molecule has 0 unspecified atom stereocenters. The van der Waals surface area contributed by atoms with Gasteiger partial charge < -0.3 is 11.1 Å². The Bertz CT molecular complexity index is 494. The molecule has 0 spiro atoms. The summed E-state index contributed by atoms with van der Waals surface area (Å²) in [5.74, 6) is 0.492. The Kier molecular flexibility index (Phi) is 3.70. The molecule has 0 saturated carbocycles. The van der Waals surface area contributed by atoms with Crippen LogP contribution in [0, 0.1) is 6.92 Å². The maximum absolute atomic E-state index is 5.66. The van der Waals surface area contributed by atoms with Gasteiger partial charge in [0.1, 0.15) is 0 Å². The number of nitrogen functional groups attached to an aromatic ring is 1. The van der Waals surface area contributed by atoms with E-state index in [1.807, 2.05) is 12.3 Å². The summed E-state index contributed by atoms with van der Waals surface area (Å²) in [4.78, 5) is 15.8. The first-order chi connectivity index (χ1) is 8.13. The first-order valence-electron chi connectivity index (χ1n) is 4.95. The van der Waals surface area contributed by atoms with Gasteiger partial charge in [0.25, 0.3) is 0 Å². The summed E-state index contributed by atoms with van der Waals surface area (Å²) in [6.07, 6.45) is 0.799. The van der Waals surface area contributed by atoms with Gasteiger partial charge in [0, 0.05) is 18.3 Å². The number of hydrogen-bond acceptors (Lipinski definition) is 7. The van der Waals surface area contributed by atoms with Crippen LogP contribution in [0.2, 0.25) is 5.28 Å². The zero-order valence-corrected chi connectivity index (χ0v) is 10.7. The van der Waals surface area contributed by atoms with Crippen molar-refractivity contribution < 1.29 is 0 Å². The number of nitrogens with zero attached hydrogens (tertiary/aromatic N) is 4. The van der Waals surface area contributed by atoms with Gasteiger partial charge >= 0.3 is 0 Å². The summed E-state index contributed by atoms with van der Waals surface area (Å²) < 4.78 is 0. The molecule has 0 aliphatic carbocycles. The molecule has 2 aromatic heterocycles. The third kappa shape index (κ3) is 3.50. The van der Waals surface area contributed by atoms with E-state index in [9.17, 15) is 0 Å². The Balaban J connectivity index is 1.89. The summed E-state index contributed by atoms with van der Waals surface area (Å²) >= 11 is 7.29. The van der Waals surface area contributed by atoms with Crippen LogP contribution in [0.3, 0.4) is 0 Å². The molecule has 2 rings (SSSR count). The van der Waals surface area contributed by atoms with Crippen LogP contribution in [0.5, 0.6) is 0 Å². The molecule has 2 heterocycles. The van der Waals surface area contributed by atoms with Gasteiger partial charge in [0.05, 0.1) is 10.7 Å². The second-order valence-corrected chi connectivity index (χ2v) is 4.72. The van der Waals surface area contributed by atoms with E-state index in [0.29, 0.717) is 12.5 Å². The lowest BCUT2D eigenvalue weighted by atomic mass is 10.3. The molecule has 0 radical (unpaired) electrons. The van der Waals surface area contributed by atoms with E-state index in [0.717, 1.165) is 17.1 Å². The van der Waals surface area contributed by atoms with E-state index in [1.165, 1.54) is 0 Å². The van der Waals surface area contributed by atoms with Gasteiger partial charge in [-0.1, -0.05) is 0 Å². The van der Waals surface area contributed by atoms with Crippen LogP contribution >= 0.6 is 22.9 Å². The van der Waals surface area contributed by atoms with Gasteiger partial charge in [-0.2, -0.15) is 15.0 Å². The fourth-order valence-electron chi connectivity index (χ4n) is 1.27. The number of aromatic nitrogens is 4. The van der Waals surface area contributed by atoms with E-state index in [2.05, 4.69) is 25.3 Å². The summed E-state index contributed by atoms with van der Waals surface area (Å²) in [6.45, 7) is 2.65. The Labute approximate surface area is 107 Å². The highest BCUT2D eigenvalue weighted by atomic mass is 35.5. The van der Waals surface area contributed by atoms with Crippen LogP contribution in [-0.4, -0.2) is 26.5 Å². The van der Waals surface area contributed by atoms with Gasteiger partial charge in [-0.05, 0) is 18.5 Å². The summed E-state index contributed by atoms with van der Waals surface area (Å²) in [5, 5.41) is 6.21. The van der Waals surface area contributed by atoms with Crippen LogP contribution in [-0.2, 0) is 6.42 Å². The van der Waals surface area contributed by atoms with E-state index in [-0.39, 0.29) is 11.2 Å². The summed E-state index contributed by atoms with van der Waals surface area (Å²) in [5.41, 5.74) is 6.50. The second-order valence-electron chi connectivity index (χ2n) is 3.32. The van der Waals surface area contributed by atoms with E-state index >= 15 is 0 Å². The van der Waals surface area contributed by atoms with Crippen molar-refractivity contribution in [2.45, 2.75) is 13.3 Å². The van der Waals surface area contributed by atoms with Crippen LogP contribution in [0.25, 0.3) is 0 Å². The van der Waals surface area contributed by atoms with Crippen molar-refractivity contribution >= 4 is 34.8 Å². The van der Waals surface area contributed by atoms with Crippen LogP contribution in [0.1, 0.15) is 10.7 Å². The Morgan fingerprint density at radius 3 is 2.82 bits per heavy atom.